The number of pyridine rings is 1. The van der Waals surface area contributed by atoms with Gasteiger partial charge in [0, 0.05) is 18.5 Å². The highest BCUT2D eigenvalue weighted by Crippen LogP contribution is 2.29. The summed E-state index contributed by atoms with van der Waals surface area (Å²) in [4.78, 5) is 16.2. The Morgan fingerprint density at radius 1 is 1.15 bits per heavy atom. The van der Waals surface area contributed by atoms with Crippen LogP contribution in [0.2, 0.25) is 0 Å². The number of carbonyl (C=O) groups is 1. The molecule has 0 amide bonds. The molecule has 1 N–H and O–H groups in total. The number of nitrogens with zero attached hydrogens (tertiary/aromatic N) is 2. The highest BCUT2D eigenvalue weighted by molar-refractivity contribution is 7.89. The number of rotatable bonds is 4. The number of aromatic nitrogens is 1. The molecule has 4 rings (SSSR count). The summed E-state index contributed by atoms with van der Waals surface area (Å²) in [5.74, 6) is -0.705. The lowest BCUT2D eigenvalue weighted by Gasteiger charge is -2.16. The van der Waals surface area contributed by atoms with Crippen LogP contribution in [-0.2, 0) is 10.0 Å². The third-order valence-corrected chi connectivity index (χ3v) is 6.38. The van der Waals surface area contributed by atoms with Crippen molar-refractivity contribution in [3.63, 3.8) is 0 Å². The van der Waals surface area contributed by atoms with Gasteiger partial charge in [-0.25, -0.2) is 18.2 Å². The van der Waals surface area contributed by atoms with E-state index < -0.39 is 16.0 Å². The second kappa shape index (κ2) is 6.22. The zero-order chi connectivity index (χ0) is 18.3. The average molecular weight is 372 g/mol. The maximum Gasteiger partial charge on any atom is 0.336 e. The Bertz CT molecular complexity index is 1080. The summed E-state index contributed by atoms with van der Waals surface area (Å²) >= 11 is 0. The molecular weight excluding hydrogens is 356 g/mol. The maximum atomic E-state index is 12.8. The van der Waals surface area contributed by atoms with Crippen molar-refractivity contribution in [1.82, 2.24) is 9.29 Å². The van der Waals surface area contributed by atoms with Crippen LogP contribution in [-0.4, -0.2) is 41.9 Å². The van der Waals surface area contributed by atoms with E-state index in [2.05, 4.69) is 4.98 Å². The van der Waals surface area contributed by atoms with Gasteiger partial charge >= 0.3 is 5.97 Å². The van der Waals surface area contributed by atoms with Gasteiger partial charge < -0.3 is 9.52 Å². The van der Waals surface area contributed by atoms with Gasteiger partial charge in [0.05, 0.1) is 22.2 Å². The number of hydrogen-bond acceptors (Lipinski definition) is 5. The molecule has 26 heavy (non-hydrogen) atoms. The lowest BCUT2D eigenvalue weighted by atomic mass is 10.1. The summed E-state index contributed by atoms with van der Waals surface area (Å²) in [5.41, 5.74) is 0.770. The molecule has 1 aliphatic heterocycles. The van der Waals surface area contributed by atoms with Gasteiger partial charge in [0.2, 0.25) is 10.0 Å². The summed E-state index contributed by atoms with van der Waals surface area (Å²) in [7, 11) is -3.63. The second-order valence-electron chi connectivity index (χ2n) is 6.13. The van der Waals surface area contributed by atoms with Gasteiger partial charge in [0.1, 0.15) is 5.69 Å². The zero-order valence-corrected chi connectivity index (χ0v) is 14.6. The van der Waals surface area contributed by atoms with Crippen molar-refractivity contribution < 1.29 is 22.7 Å². The first-order valence-electron chi connectivity index (χ1n) is 8.19. The molecule has 8 heteroatoms. The van der Waals surface area contributed by atoms with Gasteiger partial charge in [-0.3, -0.25) is 0 Å². The minimum atomic E-state index is -3.63. The molecule has 2 aromatic heterocycles. The van der Waals surface area contributed by atoms with Crippen LogP contribution in [0.5, 0.6) is 0 Å². The van der Waals surface area contributed by atoms with Crippen molar-refractivity contribution >= 4 is 26.9 Å². The molecule has 1 fully saturated rings. The molecule has 1 saturated heterocycles. The van der Waals surface area contributed by atoms with E-state index >= 15 is 0 Å². The van der Waals surface area contributed by atoms with Crippen molar-refractivity contribution in [3.8, 4) is 11.5 Å². The van der Waals surface area contributed by atoms with E-state index in [-0.39, 0.29) is 15.8 Å². The Balaban J connectivity index is 1.89. The van der Waals surface area contributed by atoms with Gasteiger partial charge in [-0.2, -0.15) is 4.31 Å². The van der Waals surface area contributed by atoms with E-state index in [1.807, 2.05) is 0 Å². The second-order valence-corrected chi connectivity index (χ2v) is 8.07. The number of carboxylic acid groups (broad SMARTS) is 1. The zero-order valence-electron chi connectivity index (χ0n) is 13.8. The van der Waals surface area contributed by atoms with Crippen molar-refractivity contribution in [3.05, 3.63) is 48.2 Å². The molecule has 0 aliphatic carbocycles. The van der Waals surface area contributed by atoms with E-state index in [1.165, 1.54) is 34.8 Å². The van der Waals surface area contributed by atoms with E-state index in [0.717, 1.165) is 12.8 Å². The van der Waals surface area contributed by atoms with Crippen LogP contribution in [0.3, 0.4) is 0 Å². The lowest BCUT2D eigenvalue weighted by Crippen LogP contribution is -2.27. The van der Waals surface area contributed by atoms with Crippen LogP contribution in [0, 0.1) is 0 Å². The molecule has 0 radical (unpaired) electrons. The molecule has 7 nitrogen and oxygen atoms in total. The van der Waals surface area contributed by atoms with Crippen LogP contribution in [0.1, 0.15) is 23.2 Å². The largest absolute Gasteiger partial charge is 0.478 e. The van der Waals surface area contributed by atoms with Crippen molar-refractivity contribution in [2.24, 2.45) is 0 Å². The highest BCUT2D eigenvalue weighted by Gasteiger charge is 2.28. The molecular formula is C18H16N2O5S. The Morgan fingerprint density at radius 2 is 1.92 bits per heavy atom. The minimum absolute atomic E-state index is 0.0140. The predicted molar refractivity (Wildman–Crippen MR) is 94.4 cm³/mol. The SMILES string of the molecule is O=C(O)c1cc(-c2ccco2)nc2ccc(S(=O)(=O)N3CCCC3)cc12. The van der Waals surface area contributed by atoms with Crippen LogP contribution < -0.4 is 0 Å². The van der Waals surface area contributed by atoms with Crippen molar-refractivity contribution in [2.45, 2.75) is 17.7 Å². The normalized spacial score (nSPS) is 15.5. The van der Waals surface area contributed by atoms with E-state index in [4.69, 9.17) is 4.42 Å². The van der Waals surface area contributed by atoms with E-state index in [1.54, 1.807) is 12.1 Å². The number of hydrogen-bond donors (Lipinski definition) is 1. The first kappa shape index (κ1) is 16.7. The fourth-order valence-corrected chi connectivity index (χ4v) is 4.71. The fraction of sp³-hybridized carbons (Fsp3) is 0.222. The molecule has 0 bridgehead atoms. The monoisotopic (exact) mass is 372 g/mol. The molecule has 1 aliphatic rings. The quantitative estimate of drug-likeness (QED) is 0.756. The Kier molecular flexibility index (Phi) is 4.01. The Hall–Kier alpha value is -2.71. The number of fused-ring (bicyclic) bond motifs is 1. The number of benzene rings is 1. The molecule has 0 atom stereocenters. The van der Waals surface area contributed by atoms with Gasteiger partial charge in [-0.15, -0.1) is 0 Å². The summed E-state index contributed by atoms with van der Waals surface area (Å²) in [5, 5.41) is 9.88. The van der Waals surface area contributed by atoms with Gasteiger partial charge in [0.15, 0.2) is 5.76 Å². The van der Waals surface area contributed by atoms with E-state index in [9.17, 15) is 18.3 Å². The van der Waals surface area contributed by atoms with Crippen LogP contribution in [0.15, 0.2) is 52.0 Å². The van der Waals surface area contributed by atoms with Gasteiger partial charge in [0.25, 0.3) is 0 Å². The van der Waals surface area contributed by atoms with Crippen molar-refractivity contribution in [1.29, 1.82) is 0 Å². The molecule has 3 heterocycles. The number of carboxylic acids is 1. The van der Waals surface area contributed by atoms with E-state index in [0.29, 0.717) is 30.1 Å². The number of aromatic carboxylic acids is 1. The van der Waals surface area contributed by atoms with Crippen LogP contribution in [0.25, 0.3) is 22.4 Å². The topological polar surface area (TPSA) is 101 Å². The number of sulfonamides is 1. The van der Waals surface area contributed by atoms with Gasteiger partial charge in [-0.1, -0.05) is 0 Å². The molecule has 0 saturated carbocycles. The third kappa shape index (κ3) is 2.77. The summed E-state index contributed by atoms with van der Waals surface area (Å²) in [6.45, 7) is 0.976. The molecule has 134 valence electrons. The highest BCUT2D eigenvalue weighted by atomic mass is 32.2. The predicted octanol–water partition coefficient (Wildman–Crippen LogP) is 2.98. The van der Waals surface area contributed by atoms with Crippen LogP contribution >= 0.6 is 0 Å². The summed E-state index contributed by atoms with van der Waals surface area (Å²) < 4.78 is 32.2. The first-order valence-corrected chi connectivity index (χ1v) is 9.63. The third-order valence-electron chi connectivity index (χ3n) is 4.49. The molecule has 1 aromatic carbocycles. The Morgan fingerprint density at radius 3 is 2.58 bits per heavy atom. The lowest BCUT2D eigenvalue weighted by molar-refractivity contribution is 0.0699. The molecule has 0 unspecified atom stereocenters. The maximum absolute atomic E-state index is 12.8. The molecule has 3 aromatic rings. The standard InChI is InChI=1S/C18H16N2O5S/c21-18(22)14-11-16(17-4-3-9-25-17)19-15-6-5-12(10-13(14)15)26(23,24)20-7-1-2-8-20/h3-6,9-11H,1-2,7-8H2,(H,21,22). The van der Waals surface area contributed by atoms with Gasteiger partial charge in [-0.05, 0) is 49.2 Å². The Labute approximate surface area is 149 Å². The average Bonchev–Trinajstić information content (AvgIpc) is 3.33. The van der Waals surface area contributed by atoms with Crippen molar-refractivity contribution in [2.75, 3.05) is 13.1 Å². The summed E-state index contributed by atoms with van der Waals surface area (Å²) in [6.07, 6.45) is 3.15. The first-order chi connectivity index (χ1) is 12.5. The fourth-order valence-electron chi connectivity index (χ4n) is 3.17. The number of furan rings is 1. The smallest absolute Gasteiger partial charge is 0.336 e. The minimum Gasteiger partial charge on any atom is -0.478 e. The molecule has 0 spiro atoms. The van der Waals surface area contributed by atoms with Crippen LogP contribution in [0.4, 0.5) is 0 Å². The summed E-state index contributed by atoms with van der Waals surface area (Å²) in [6, 6.07) is 9.18.